The van der Waals surface area contributed by atoms with E-state index in [0.29, 0.717) is 55.5 Å². The van der Waals surface area contributed by atoms with Gasteiger partial charge in [-0.05, 0) is 74.8 Å². The molecule has 6 N–H and O–H groups in total. The fourth-order valence-electron chi connectivity index (χ4n) is 3.44. The van der Waals surface area contributed by atoms with E-state index < -0.39 is 29.7 Å². The van der Waals surface area contributed by atoms with Crippen molar-refractivity contribution in [3.8, 4) is 33.8 Å². The highest BCUT2D eigenvalue weighted by Gasteiger charge is 2.27. The van der Waals surface area contributed by atoms with E-state index in [2.05, 4.69) is 4.72 Å². The molecule has 0 spiro atoms. The van der Waals surface area contributed by atoms with Crippen molar-refractivity contribution in [3.63, 3.8) is 0 Å². The number of nitrogens with two attached hydrogens (primary N) is 2. The molecule has 0 amide bonds. The third-order valence-electron chi connectivity index (χ3n) is 5.45. The number of nitrogens with one attached hydrogen (secondary N) is 1. The predicted octanol–water partition coefficient (Wildman–Crippen LogP) is 3.69. The van der Waals surface area contributed by atoms with Gasteiger partial charge in [-0.15, -0.1) is 11.3 Å². The van der Waals surface area contributed by atoms with E-state index in [9.17, 15) is 22.3 Å². The van der Waals surface area contributed by atoms with Crippen LogP contribution in [0.25, 0.3) is 10.4 Å². The second-order valence-electron chi connectivity index (χ2n) is 8.45. The van der Waals surface area contributed by atoms with E-state index in [0.717, 1.165) is 40.7 Å². The zero-order valence-electron chi connectivity index (χ0n) is 21.6. The number of hydrogen-bond donors (Lipinski definition) is 4. The average molecular weight is 613 g/mol. The molecular weight excluding hydrogens is 582 g/mol. The van der Waals surface area contributed by atoms with Crippen molar-refractivity contribution in [1.29, 1.82) is 5.26 Å². The maximum absolute atomic E-state index is 13.8. The van der Waals surface area contributed by atoms with Crippen LogP contribution in [0.15, 0.2) is 46.7 Å². The number of hydrogen-bond acceptors (Lipinski definition) is 10. The van der Waals surface area contributed by atoms with Gasteiger partial charge in [0, 0.05) is 16.5 Å². The number of nitriles is 1. The molecule has 3 rings (SSSR count). The van der Waals surface area contributed by atoms with Gasteiger partial charge < -0.3 is 30.4 Å². The maximum atomic E-state index is 13.8. The minimum atomic E-state index is -4.55. The minimum absolute atomic E-state index is 0.0970. The van der Waals surface area contributed by atoms with E-state index in [1.54, 1.807) is 24.3 Å². The molecule has 0 aliphatic rings. The first-order valence-corrected chi connectivity index (χ1v) is 16.2. The minimum Gasteiger partial charge on any atom is -0.490 e. The molecule has 1 unspecified atom stereocenters. The van der Waals surface area contributed by atoms with Crippen molar-refractivity contribution < 1.29 is 36.3 Å². The van der Waals surface area contributed by atoms with Crippen LogP contribution < -0.4 is 30.2 Å². The normalized spacial score (nSPS) is 12.9. The average Bonchev–Trinajstić information content (AvgIpc) is 3.40. The lowest BCUT2D eigenvalue weighted by Crippen LogP contribution is -2.25. The molecule has 0 bridgehead atoms. The number of sulfonamides is 1. The molecule has 0 saturated heterocycles. The van der Waals surface area contributed by atoms with Crippen LogP contribution in [0.2, 0.25) is 0 Å². The third kappa shape index (κ3) is 8.25. The summed E-state index contributed by atoms with van der Waals surface area (Å²) in [5.41, 5.74) is 12.3. The Morgan fingerprint density at radius 1 is 1.10 bits per heavy atom. The van der Waals surface area contributed by atoms with Gasteiger partial charge in [-0.2, -0.15) is 9.98 Å². The van der Waals surface area contributed by atoms with Crippen LogP contribution in [0.4, 0.5) is 4.39 Å². The summed E-state index contributed by atoms with van der Waals surface area (Å²) in [5.74, 6) is -0.199. The molecule has 1 aromatic heterocycles. The van der Waals surface area contributed by atoms with E-state index >= 15 is 0 Å². The summed E-state index contributed by atoms with van der Waals surface area (Å²) < 4.78 is 70.7. The van der Waals surface area contributed by atoms with E-state index in [4.69, 9.17) is 30.7 Å². The first kappa shape index (κ1) is 31.5. The number of halogens is 1. The lowest BCUT2D eigenvalue weighted by Gasteiger charge is -2.17. The van der Waals surface area contributed by atoms with Gasteiger partial charge >= 0.3 is 7.60 Å². The smallest absolute Gasteiger partial charge is 0.391 e. The van der Waals surface area contributed by atoms with Crippen LogP contribution >= 0.6 is 18.9 Å². The molecule has 1 atom stereocenters. The summed E-state index contributed by atoms with van der Waals surface area (Å²) in [4.78, 5) is 10.7. The van der Waals surface area contributed by atoms with Crippen LogP contribution in [0.5, 0.6) is 17.2 Å². The summed E-state index contributed by atoms with van der Waals surface area (Å²) in [6.45, 7) is 3.55. The fraction of sp³-hybridized carbons (Fsp3) is 0.320. The number of thiophene rings is 1. The molecule has 0 radical (unpaired) electrons. The van der Waals surface area contributed by atoms with Crippen molar-refractivity contribution in [2.75, 3.05) is 32.6 Å². The number of rotatable bonds is 15. The number of nitrogens with zero attached hydrogens (tertiary/aromatic N) is 1. The monoisotopic (exact) mass is 612 g/mol. The Labute approximate surface area is 236 Å². The molecule has 1 heterocycles. The van der Waals surface area contributed by atoms with Gasteiger partial charge in [0.05, 0.1) is 18.8 Å². The standard InChI is InChI=1S/C25H30FN4O7PS2/c1-17-20(6-7-22(35-12-2-10-27)25(17)36-13-3-11-28)23-8-9-24(39-23)40(33,34)30-16-38(31,32)37-19-5-4-18(15-29)21(26)14-19/h4-9,14,30H,2-3,10-13,16,27-28H2,1H3,(H,31,32). The van der Waals surface area contributed by atoms with Gasteiger partial charge in [0.1, 0.15) is 28.1 Å². The maximum Gasteiger partial charge on any atom is 0.391 e. The summed E-state index contributed by atoms with van der Waals surface area (Å²) in [6, 6.07) is 11.1. The molecule has 3 aromatic rings. The number of ether oxygens (including phenoxy) is 2. The Balaban J connectivity index is 1.77. The number of benzene rings is 2. The van der Waals surface area contributed by atoms with Crippen LogP contribution in [0, 0.1) is 24.1 Å². The van der Waals surface area contributed by atoms with Crippen molar-refractivity contribution in [2.24, 2.45) is 11.5 Å². The highest BCUT2D eigenvalue weighted by molar-refractivity contribution is 7.92. The lowest BCUT2D eigenvalue weighted by atomic mass is 10.1. The molecule has 15 heteroatoms. The van der Waals surface area contributed by atoms with Gasteiger partial charge in [-0.25, -0.2) is 17.4 Å². The Kier molecular flexibility index (Phi) is 11.1. The zero-order valence-corrected chi connectivity index (χ0v) is 24.2. The predicted molar refractivity (Wildman–Crippen MR) is 150 cm³/mol. The third-order valence-corrected chi connectivity index (χ3v) is 9.73. The highest BCUT2D eigenvalue weighted by Crippen LogP contribution is 2.43. The fourth-order valence-corrected chi connectivity index (χ4v) is 7.37. The Morgan fingerprint density at radius 2 is 1.80 bits per heavy atom. The first-order valence-electron chi connectivity index (χ1n) is 12.1. The second-order valence-corrected chi connectivity index (χ2v) is 13.3. The van der Waals surface area contributed by atoms with Gasteiger partial charge in [0.25, 0.3) is 10.0 Å². The van der Waals surface area contributed by atoms with Crippen LogP contribution in [-0.4, -0.2) is 45.9 Å². The first-order chi connectivity index (χ1) is 19.0. The molecule has 2 aromatic carbocycles. The molecule has 0 aliphatic heterocycles. The molecule has 0 saturated carbocycles. The molecule has 0 aliphatic carbocycles. The van der Waals surface area contributed by atoms with Gasteiger partial charge in [-0.1, -0.05) is 0 Å². The van der Waals surface area contributed by atoms with Crippen LogP contribution in [-0.2, 0) is 14.6 Å². The van der Waals surface area contributed by atoms with E-state index in [1.165, 1.54) is 6.07 Å². The second kappa shape index (κ2) is 14.0. The van der Waals surface area contributed by atoms with Crippen LogP contribution in [0.1, 0.15) is 24.0 Å². The van der Waals surface area contributed by atoms with Crippen molar-refractivity contribution in [1.82, 2.24) is 4.72 Å². The summed E-state index contributed by atoms with van der Waals surface area (Å²) in [5, 5.41) is 8.79. The topological polar surface area (TPSA) is 187 Å². The Hall–Kier alpha value is -3.02. The van der Waals surface area contributed by atoms with Gasteiger partial charge in [0.15, 0.2) is 11.5 Å². The van der Waals surface area contributed by atoms with Crippen LogP contribution in [0.3, 0.4) is 0 Å². The molecule has 0 fully saturated rings. The Morgan fingerprint density at radius 3 is 2.45 bits per heavy atom. The summed E-state index contributed by atoms with van der Waals surface area (Å²) in [6.07, 6.45) is 0.340. The van der Waals surface area contributed by atoms with Crippen molar-refractivity contribution in [3.05, 3.63) is 59.4 Å². The van der Waals surface area contributed by atoms with E-state index in [-0.39, 0.29) is 15.5 Å². The molecular formula is C25H30FN4O7PS2. The Bertz CT molecular complexity index is 1530. The molecule has 216 valence electrons. The summed E-state index contributed by atoms with van der Waals surface area (Å²) in [7, 11) is -8.75. The quantitative estimate of drug-likeness (QED) is 0.146. The summed E-state index contributed by atoms with van der Waals surface area (Å²) >= 11 is 0.956. The largest absolute Gasteiger partial charge is 0.490 e. The van der Waals surface area contributed by atoms with E-state index in [1.807, 2.05) is 6.92 Å². The van der Waals surface area contributed by atoms with Crippen molar-refractivity contribution in [2.45, 2.75) is 24.0 Å². The van der Waals surface area contributed by atoms with Crippen molar-refractivity contribution >= 4 is 29.0 Å². The molecule has 11 nitrogen and oxygen atoms in total. The van der Waals surface area contributed by atoms with Gasteiger partial charge in [0.2, 0.25) is 0 Å². The van der Waals surface area contributed by atoms with Gasteiger partial charge in [-0.3, -0.25) is 0 Å². The zero-order chi connectivity index (χ0) is 29.3. The lowest BCUT2D eigenvalue weighted by molar-refractivity contribution is 0.264. The SMILES string of the molecule is Cc1c(-c2ccc(S(=O)(=O)NCP(=O)(O)Oc3ccc(C#N)c(F)c3)s2)ccc(OCCCN)c1OCCCN. The molecule has 40 heavy (non-hydrogen) atoms. The highest BCUT2D eigenvalue weighted by atomic mass is 32.2.